The fourth-order valence-electron chi connectivity index (χ4n) is 3.22. The third kappa shape index (κ3) is 6.06. The van der Waals surface area contributed by atoms with E-state index in [9.17, 15) is 14.4 Å². The molecule has 1 saturated carbocycles. The van der Waals surface area contributed by atoms with Crippen molar-refractivity contribution in [1.82, 2.24) is 10.3 Å². The second-order valence-electron chi connectivity index (χ2n) is 8.00. The van der Waals surface area contributed by atoms with Gasteiger partial charge in [0.05, 0.1) is 17.7 Å². The Morgan fingerprint density at radius 2 is 1.91 bits per heavy atom. The Hall–Kier alpha value is -3.04. The van der Waals surface area contributed by atoms with E-state index < -0.39 is 5.97 Å². The summed E-state index contributed by atoms with van der Waals surface area (Å²) in [5.74, 6) is -0.592. The number of carbonyl (C=O) groups excluding carboxylic acids is 3. The molecule has 1 aromatic carbocycles. The Morgan fingerprint density at radius 3 is 2.64 bits per heavy atom. The highest BCUT2D eigenvalue weighted by atomic mass is 32.1. The maximum Gasteiger partial charge on any atom is 0.341 e. The zero-order valence-electron chi connectivity index (χ0n) is 18.5. The molecule has 0 spiro atoms. The van der Waals surface area contributed by atoms with Crippen LogP contribution in [0.2, 0.25) is 0 Å². The van der Waals surface area contributed by atoms with Gasteiger partial charge in [0.2, 0.25) is 11.8 Å². The van der Waals surface area contributed by atoms with Crippen LogP contribution < -0.4 is 10.6 Å². The summed E-state index contributed by atoms with van der Waals surface area (Å²) in [6.45, 7) is 4.24. The Morgan fingerprint density at radius 1 is 1.15 bits per heavy atom. The van der Waals surface area contributed by atoms with Crippen LogP contribution in [0.1, 0.15) is 49.9 Å². The van der Waals surface area contributed by atoms with Crippen LogP contribution in [0.5, 0.6) is 0 Å². The molecular weight excluding hydrogens is 458 g/mol. The topological polar surface area (TPSA) is 97.4 Å². The summed E-state index contributed by atoms with van der Waals surface area (Å²) in [6, 6.07) is 9.70. The summed E-state index contributed by atoms with van der Waals surface area (Å²) >= 11 is 2.75. The Balaban J connectivity index is 1.30. The van der Waals surface area contributed by atoms with E-state index in [0.717, 1.165) is 28.8 Å². The Bertz CT molecular complexity index is 1170. The van der Waals surface area contributed by atoms with Crippen molar-refractivity contribution in [3.05, 3.63) is 68.0 Å². The second kappa shape index (κ2) is 10.3. The smallest absolute Gasteiger partial charge is 0.341 e. The summed E-state index contributed by atoms with van der Waals surface area (Å²) in [7, 11) is 0. The minimum atomic E-state index is -0.488. The fourth-order valence-corrected chi connectivity index (χ4v) is 5.05. The molecule has 0 atom stereocenters. The van der Waals surface area contributed by atoms with Gasteiger partial charge >= 0.3 is 5.97 Å². The quantitative estimate of drug-likeness (QED) is 0.440. The number of amides is 2. The van der Waals surface area contributed by atoms with Gasteiger partial charge in [-0.2, -0.15) is 0 Å². The number of rotatable bonds is 9. The van der Waals surface area contributed by atoms with Gasteiger partial charge < -0.3 is 15.4 Å². The normalized spacial score (nSPS) is 12.9. The SMILES string of the molecule is Cc1sc(NC(=O)C2CC2)c(C(=O)OCc2csc(CC(=O)NCc3ccccc3)n2)c1C. The van der Waals surface area contributed by atoms with Crippen molar-refractivity contribution >= 4 is 45.5 Å². The first-order valence-electron chi connectivity index (χ1n) is 10.7. The number of benzene rings is 1. The Kier molecular flexibility index (Phi) is 7.20. The highest BCUT2D eigenvalue weighted by Crippen LogP contribution is 2.36. The van der Waals surface area contributed by atoms with Gasteiger partial charge in [0.25, 0.3) is 0 Å². The third-order valence-corrected chi connectivity index (χ3v) is 7.39. The molecule has 1 fully saturated rings. The van der Waals surface area contributed by atoms with Crippen LogP contribution >= 0.6 is 22.7 Å². The van der Waals surface area contributed by atoms with Gasteiger partial charge in [-0.1, -0.05) is 30.3 Å². The van der Waals surface area contributed by atoms with Crippen LogP contribution in [0.3, 0.4) is 0 Å². The highest BCUT2D eigenvalue weighted by Gasteiger charge is 2.31. The van der Waals surface area contributed by atoms with Crippen molar-refractivity contribution in [1.29, 1.82) is 0 Å². The predicted molar refractivity (Wildman–Crippen MR) is 128 cm³/mol. The monoisotopic (exact) mass is 483 g/mol. The molecule has 0 unspecified atom stereocenters. The molecule has 172 valence electrons. The number of ether oxygens (including phenoxy) is 1. The zero-order chi connectivity index (χ0) is 23.4. The number of thiazole rings is 1. The van der Waals surface area contributed by atoms with Crippen molar-refractivity contribution in [2.45, 2.75) is 46.3 Å². The standard InChI is InChI=1S/C24H25N3O4S2/c1-14-15(2)33-23(27-22(29)17-8-9-17)21(14)24(30)31-12-18-13-32-20(26-18)10-19(28)25-11-16-6-4-3-5-7-16/h3-7,13,17H,8-12H2,1-2H3,(H,25,28)(H,27,29). The summed E-state index contributed by atoms with van der Waals surface area (Å²) < 4.78 is 5.49. The number of aromatic nitrogens is 1. The van der Waals surface area contributed by atoms with E-state index in [2.05, 4.69) is 15.6 Å². The van der Waals surface area contributed by atoms with Crippen molar-refractivity contribution < 1.29 is 19.1 Å². The summed E-state index contributed by atoms with van der Waals surface area (Å²) in [5, 5.41) is 8.75. The summed E-state index contributed by atoms with van der Waals surface area (Å²) in [6.07, 6.45) is 1.96. The molecule has 0 aliphatic heterocycles. The predicted octanol–water partition coefficient (Wildman–Crippen LogP) is 4.39. The van der Waals surface area contributed by atoms with Crippen LogP contribution in [0.15, 0.2) is 35.7 Å². The van der Waals surface area contributed by atoms with Crippen LogP contribution in [-0.4, -0.2) is 22.8 Å². The average molecular weight is 484 g/mol. The molecule has 2 aromatic heterocycles. The minimum absolute atomic E-state index is 0.00527. The minimum Gasteiger partial charge on any atom is -0.455 e. The van der Waals surface area contributed by atoms with E-state index >= 15 is 0 Å². The van der Waals surface area contributed by atoms with Crippen molar-refractivity contribution in [3.63, 3.8) is 0 Å². The number of hydrogen-bond acceptors (Lipinski definition) is 7. The summed E-state index contributed by atoms with van der Waals surface area (Å²) in [4.78, 5) is 42.5. The van der Waals surface area contributed by atoms with E-state index in [1.807, 2.05) is 44.2 Å². The van der Waals surface area contributed by atoms with Gasteiger partial charge in [0.15, 0.2) is 0 Å². The molecule has 1 aliphatic rings. The fraction of sp³-hybridized carbons (Fsp3) is 0.333. The number of nitrogens with zero attached hydrogens (tertiary/aromatic N) is 1. The number of hydrogen-bond donors (Lipinski definition) is 2. The maximum atomic E-state index is 12.8. The first-order valence-corrected chi connectivity index (χ1v) is 12.4. The van der Waals surface area contributed by atoms with E-state index in [0.29, 0.717) is 27.8 Å². The van der Waals surface area contributed by atoms with E-state index in [1.165, 1.54) is 22.7 Å². The van der Waals surface area contributed by atoms with Crippen molar-refractivity contribution in [3.8, 4) is 0 Å². The lowest BCUT2D eigenvalue weighted by Crippen LogP contribution is -2.24. The molecule has 33 heavy (non-hydrogen) atoms. The van der Waals surface area contributed by atoms with Gasteiger partial charge in [-0.15, -0.1) is 22.7 Å². The third-order valence-electron chi connectivity index (χ3n) is 5.37. The molecule has 4 rings (SSSR count). The summed E-state index contributed by atoms with van der Waals surface area (Å²) in [5.41, 5.74) is 2.84. The largest absolute Gasteiger partial charge is 0.455 e. The second-order valence-corrected chi connectivity index (χ2v) is 10.2. The molecule has 3 aromatic rings. The number of thiophene rings is 1. The molecule has 2 N–H and O–H groups in total. The lowest BCUT2D eigenvalue weighted by atomic mass is 10.1. The molecule has 9 heteroatoms. The lowest BCUT2D eigenvalue weighted by molar-refractivity contribution is -0.120. The molecule has 1 aliphatic carbocycles. The van der Waals surface area contributed by atoms with E-state index in [4.69, 9.17) is 4.74 Å². The molecule has 0 radical (unpaired) electrons. The molecule has 2 amide bonds. The van der Waals surface area contributed by atoms with Gasteiger partial charge in [0.1, 0.15) is 16.6 Å². The van der Waals surface area contributed by atoms with E-state index in [1.54, 1.807) is 5.38 Å². The van der Waals surface area contributed by atoms with Crippen LogP contribution in [-0.2, 0) is 33.9 Å². The average Bonchev–Trinajstić information content (AvgIpc) is 3.51. The van der Waals surface area contributed by atoms with Crippen molar-refractivity contribution in [2.75, 3.05) is 5.32 Å². The van der Waals surface area contributed by atoms with E-state index in [-0.39, 0.29) is 30.8 Å². The first kappa shape index (κ1) is 23.1. The Labute approximate surface area is 200 Å². The molecule has 7 nitrogen and oxygen atoms in total. The number of nitrogens with one attached hydrogen (secondary N) is 2. The van der Waals surface area contributed by atoms with Gasteiger partial charge in [0, 0.05) is 22.7 Å². The number of aryl methyl sites for hydroxylation is 1. The number of esters is 1. The maximum absolute atomic E-state index is 12.8. The van der Waals surface area contributed by atoms with Gasteiger partial charge in [-0.05, 0) is 37.8 Å². The van der Waals surface area contributed by atoms with Gasteiger partial charge in [-0.3, -0.25) is 9.59 Å². The number of anilines is 1. The van der Waals surface area contributed by atoms with Crippen LogP contribution in [0, 0.1) is 19.8 Å². The number of carbonyl (C=O) groups is 3. The molecule has 2 heterocycles. The lowest BCUT2D eigenvalue weighted by Gasteiger charge is -2.07. The zero-order valence-corrected chi connectivity index (χ0v) is 20.1. The van der Waals surface area contributed by atoms with Gasteiger partial charge in [-0.25, -0.2) is 9.78 Å². The molecule has 0 bridgehead atoms. The molecule has 0 saturated heterocycles. The molecular formula is C24H25N3O4S2. The van der Waals surface area contributed by atoms with Crippen LogP contribution in [0.25, 0.3) is 0 Å². The first-order chi connectivity index (χ1) is 15.9. The van der Waals surface area contributed by atoms with Crippen LogP contribution in [0.4, 0.5) is 5.00 Å². The van der Waals surface area contributed by atoms with Crippen molar-refractivity contribution in [2.24, 2.45) is 5.92 Å². The highest BCUT2D eigenvalue weighted by molar-refractivity contribution is 7.16.